The van der Waals surface area contributed by atoms with Crippen LogP contribution in [-0.4, -0.2) is 15.2 Å². The average Bonchev–Trinajstić information content (AvgIpc) is 2.83. The maximum absolute atomic E-state index is 11.9. The number of alkyl halides is 2. The van der Waals surface area contributed by atoms with Gasteiger partial charge in [-0.1, -0.05) is 13.3 Å². The normalized spacial score (nSPS) is 27.7. The molecule has 0 spiro atoms. The Kier molecular flexibility index (Phi) is 3.52. The van der Waals surface area contributed by atoms with Crippen LogP contribution in [0.3, 0.4) is 0 Å². The lowest BCUT2D eigenvalue weighted by Crippen LogP contribution is -2.16. The Bertz CT molecular complexity index is 515. The lowest BCUT2D eigenvalue weighted by atomic mass is 9.89. The number of aromatic nitrogens is 1. The van der Waals surface area contributed by atoms with E-state index >= 15 is 0 Å². The van der Waals surface area contributed by atoms with Gasteiger partial charge in [-0.2, -0.15) is 0 Å². The predicted molar refractivity (Wildman–Crippen MR) is 79.1 cm³/mol. The third-order valence-electron chi connectivity index (χ3n) is 3.99. The van der Waals surface area contributed by atoms with E-state index in [1.165, 1.54) is 17.7 Å². The molecule has 104 valence electrons. The van der Waals surface area contributed by atoms with Gasteiger partial charge < -0.3 is 5.32 Å². The molecule has 2 atom stereocenters. The second-order valence-corrected chi connectivity index (χ2v) is 8.04. The topological polar surface area (TPSA) is 42.0 Å². The quantitative estimate of drug-likeness (QED) is 0.861. The number of nitrogens with one attached hydrogen (secondary N) is 1. The van der Waals surface area contributed by atoms with E-state index in [1.807, 2.05) is 0 Å². The molecule has 0 aromatic carbocycles. The number of carbonyl (C=O) groups is 1. The Morgan fingerprint density at radius 2 is 2.32 bits per heavy atom. The Morgan fingerprint density at radius 3 is 2.95 bits per heavy atom. The Balaban J connectivity index is 1.67. The maximum Gasteiger partial charge on any atom is 0.232 e. The molecule has 0 bridgehead atoms. The lowest BCUT2D eigenvalue weighted by molar-refractivity contribution is -0.117. The number of rotatable bonds is 3. The first-order chi connectivity index (χ1) is 8.99. The van der Waals surface area contributed by atoms with E-state index in [-0.39, 0.29) is 11.8 Å². The summed E-state index contributed by atoms with van der Waals surface area (Å²) < 4.78 is -0.867. The predicted octanol–water partition coefficient (Wildman–Crippen LogP) is 3.79. The zero-order chi connectivity index (χ0) is 13.6. The van der Waals surface area contributed by atoms with Crippen molar-refractivity contribution in [2.75, 3.05) is 5.32 Å². The summed E-state index contributed by atoms with van der Waals surface area (Å²) in [5, 5.41) is 3.55. The molecule has 1 amide bonds. The lowest BCUT2D eigenvalue weighted by Gasteiger charge is -2.18. The molecule has 0 saturated heterocycles. The fraction of sp³-hybridized carbons (Fsp3) is 0.692. The second-order valence-electron chi connectivity index (χ2n) is 5.41. The van der Waals surface area contributed by atoms with E-state index in [4.69, 9.17) is 23.2 Å². The molecular weight excluding hydrogens is 303 g/mol. The van der Waals surface area contributed by atoms with Gasteiger partial charge in [0.2, 0.25) is 5.91 Å². The molecule has 1 heterocycles. The number of halogens is 2. The molecule has 1 N–H and O–H groups in total. The first-order valence-electron chi connectivity index (χ1n) is 6.67. The third-order valence-corrected chi connectivity index (χ3v) is 5.86. The molecule has 1 aromatic heterocycles. The highest BCUT2D eigenvalue weighted by Gasteiger charge is 2.56. The smallest absolute Gasteiger partial charge is 0.232 e. The van der Waals surface area contributed by atoms with Crippen LogP contribution in [0.4, 0.5) is 5.13 Å². The Morgan fingerprint density at radius 1 is 1.58 bits per heavy atom. The van der Waals surface area contributed by atoms with Crippen LogP contribution in [0.5, 0.6) is 0 Å². The molecule has 1 aromatic rings. The molecular formula is C13H16Cl2N2OS. The van der Waals surface area contributed by atoms with Crippen molar-refractivity contribution in [3.8, 4) is 0 Å². The van der Waals surface area contributed by atoms with E-state index in [1.54, 1.807) is 11.3 Å². The highest BCUT2D eigenvalue weighted by Crippen LogP contribution is 2.53. The monoisotopic (exact) mass is 318 g/mol. The summed E-state index contributed by atoms with van der Waals surface area (Å²) in [6.45, 7) is 2.23. The van der Waals surface area contributed by atoms with E-state index < -0.39 is 4.33 Å². The van der Waals surface area contributed by atoms with Gasteiger partial charge in [0.25, 0.3) is 0 Å². The van der Waals surface area contributed by atoms with E-state index in [0.717, 1.165) is 24.5 Å². The van der Waals surface area contributed by atoms with Gasteiger partial charge in [-0.3, -0.25) is 4.79 Å². The maximum atomic E-state index is 11.9. The van der Waals surface area contributed by atoms with Crippen molar-refractivity contribution in [2.45, 2.75) is 43.4 Å². The van der Waals surface area contributed by atoms with Crippen LogP contribution in [0, 0.1) is 11.8 Å². The zero-order valence-corrected chi connectivity index (χ0v) is 13.0. The van der Waals surface area contributed by atoms with E-state index in [9.17, 15) is 4.79 Å². The van der Waals surface area contributed by atoms with Crippen LogP contribution in [0.15, 0.2) is 0 Å². The van der Waals surface area contributed by atoms with Crippen LogP contribution in [0.25, 0.3) is 0 Å². The largest absolute Gasteiger partial charge is 0.302 e. The number of thiazole rings is 1. The number of nitrogens with zero attached hydrogens (tertiary/aromatic N) is 1. The fourth-order valence-electron chi connectivity index (χ4n) is 2.54. The van der Waals surface area contributed by atoms with Crippen molar-refractivity contribution in [2.24, 2.45) is 11.8 Å². The fourth-order valence-corrected chi connectivity index (χ4v) is 4.17. The van der Waals surface area contributed by atoms with Gasteiger partial charge in [-0.15, -0.1) is 34.5 Å². The summed E-state index contributed by atoms with van der Waals surface area (Å²) in [7, 11) is 0. The van der Waals surface area contributed by atoms with Gasteiger partial charge in [0, 0.05) is 4.88 Å². The van der Waals surface area contributed by atoms with E-state index in [2.05, 4.69) is 17.2 Å². The molecule has 2 aliphatic carbocycles. The van der Waals surface area contributed by atoms with Gasteiger partial charge in [0.1, 0.15) is 4.33 Å². The van der Waals surface area contributed by atoms with Crippen molar-refractivity contribution >= 4 is 45.6 Å². The summed E-state index contributed by atoms with van der Waals surface area (Å²) in [4.78, 5) is 17.8. The molecule has 6 heteroatoms. The minimum Gasteiger partial charge on any atom is -0.302 e. The van der Waals surface area contributed by atoms with Crippen molar-refractivity contribution < 1.29 is 4.79 Å². The summed E-state index contributed by atoms with van der Waals surface area (Å²) >= 11 is 13.4. The zero-order valence-electron chi connectivity index (χ0n) is 10.7. The van der Waals surface area contributed by atoms with Gasteiger partial charge in [-0.25, -0.2) is 4.98 Å². The Hall–Kier alpha value is -0.320. The van der Waals surface area contributed by atoms with Gasteiger partial charge in [0.15, 0.2) is 5.13 Å². The number of aryl methyl sites for hydroxylation is 1. The number of hydrogen-bond acceptors (Lipinski definition) is 3. The molecule has 0 radical (unpaired) electrons. The number of amides is 1. The first kappa shape index (κ1) is 13.7. The second kappa shape index (κ2) is 4.90. The molecule has 1 saturated carbocycles. The molecule has 19 heavy (non-hydrogen) atoms. The number of hydrogen-bond donors (Lipinski definition) is 1. The van der Waals surface area contributed by atoms with Crippen LogP contribution in [-0.2, 0) is 17.6 Å². The molecule has 1 fully saturated rings. The highest BCUT2D eigenvalue weighted by molar-refractivity contribution is 7.15. The summed E-state index contributed by atoms with van der Waals surface area (Å²) in [6, 6.07) is 0. The van der Waals surface area contributed by atoms with Crippen LogP contribution < -0.4 is 5.32 Å². The van der Waals surface area contributed by atoms with Gasteiger partial charge in [-0.05, 0) is 31.6 Å². The highest BCUT2D eigenvalue weighted by atomic mass is 35.5. The summed E-state index contributed by atoms with van der Waals surface area (Å²) in [5.41, 5.74) is 1.16. The third kappa shape index (κ3) is 2.76. The summed E-state index contributed by atoms with van der Waals surface area (Å²) in [5.74, 6) is 0.363. The van der Waals surface area contributed by atoms with Crippen molar-refractivity contribution in [1.29, 1.82) is 0 Å². The van der Waals surface area contributed by atoms with Crippen molar-refractivity contribution in [3.05, 3.63) is 10.6 Å². The van der Waals surface area contributed by atoms with Crippen molar-refractivity contribution in [3.63, 3.8) is 0 Å². The van der Waals surface area contributed by atoms with Crippen LogP contribution in [0.2, 0.25) is 0 Å². The molecule has 2 aliphatic rings. The van der Waals surface area contributed by atoms with Gasteiger partial charge in [0.05, 0.1) is 11.6 Å². The van der Waals surface area contributed by atoms with E-state index in [0.29, 0.717) is 11.6 Å². The summed E-state index contributed by atoms with van der Waals surface area (Å²) in [6.07, 6.45) is 5.07. The molecule has 2 unspecified atom stereocenters. The standard InChI is InChI=1S/C13H16Cl2N2OS/c1-2-7-3-4-9-10(5-7)19-12(16-9)17-11(18)8-6-13(8,14)15/h7-8H,2-6H2,1H3,(H,16,17,18). The minimum atomic E-state index is -0.867. The number of fused-ring (bicyclic) bond motifs is 1. The first-order valence-corrected chi connectivity index (χ1v) is 8.24. The number of carbonyl (C=O) groups excluding carboxylic acids is 1. The average molecular weight is 319 g/mol. The minimum absolute atomic E-state index is 0.108. The van der Waals surface area contributed by atoms with Crippen molar-refractivity contribution in [1.82, 2.24) is 4.98 Å². The van der Waals surface area contributed by atoms with Crippen LogP contribution in [0.1, 0.15) is 36.8 Å². The molecule has 0 aliphatic heterocycles. The molecule has 3 nitrogen and oxygen atoms in total. The molecule has 3 rings (SSSR count). The Labute approximate surface area is 126 Å². The SMILES string of the molecule is CCC1CCc2nc(NC(=O)C3CC3(Cl)Cl)sc2C1. The van der Waals surface area contributed by atoms with Gasteiger partial charge >= 0.3 is 0 Å². The van der Waals surface area contributed by atoms with Crippen LogP contribution >= 0.6 is 34.5 Å². The number of anilines is 1.